The molecule has 9 aromatic carbocycles. The van der Waals surface area contributed by atoms with Gasteiger partial charge >= 0.3 is 0 Å². The van der Waals surface area contributed by atoms with Crippen molar-refractivity contribution in [3.05, 3.63) is 168 Å². The minimum Gasteiger partial charge on any atom is -0.457 e. The maximum atomic E-state index is 16.2. The lowest BCUT2D eigenvalue weighted by molar-refractivity contribution is 0.0501. The average molecular weight is 1240 g/mol. The Kier molecular flexibility index (Phi) is 22.6. The minimum absolute atomic E-state index is 0.330. The molecule has 0 spiro atoms. The lowest BCUT2D eigenvalue weighted by Gasteiger charge is -2.36. The maximum Gasteiger partial charge on any atom is 0.261 e. The van der Waals surface area contributed by atoms with Crippen LogP contribution in [-0.2, 0) is 0 Å². The molecule has 92 heavy (non-hydrogen) atoms. The number of nitrogens with zero attached hydrogens (tertiary/aromatic N) is 2. The summed E-state index contributed by atoms with van der Waals surface area (Å²) in [5.74, 6) is 1.90. The lowest BCUT2D eigenvalue weighted by Crippen LogP contribution is -2.47. The zero-order valence-electron chi connectivity index (χ0n) is 55.0. The molecule has 10 nitrogen and oxygen atoms in total. The van der Waals surface area contributed by atoms with Gasteiger partial charge in [-0.2, -0.15) is 0 Å². The molecule has 0 bridgehead atoms. The number of unbranched alkanes of at least 4 members (excludes halogenated alkanes) is 20. The average Bonchev–Trinajstić information content (AvgIpc) is 0.674. The molecule has 0 unspecified atom stereocenters. The van der Waals surface area contributed by atoms with E-state index in [4.69, 9.17) is 18.9 Å². The largest absolute Gasteiger partial charge is 0.457 e. The fourth-order valence-corrected chi connectivity index (χ4v) is 14.4. The number of fused-ring (bicyclic) bond motifs is 2. The summed E-state index contributed by atoms with van der Waals surface area (Å²) in [7, 11) is 0. The van der Waals surface area contributed by atoms with Gasteiger partial charge in [-0.25, -0.2) is 0 Å². The van der Waals surface area contributed by atoms with E-state index in [1.807, 2.05) is 146 Å². The van der Waals surface area contributed by atoms with Gasteiger partial charge in [-0.1, -0.05) is 255 Å². The number of rotatable bonds is 38. The summed E-state index contributed by atoms with van der Waals surface area (Å²) < 4.78 is 28.9. The summed E-state index contributed by atoms with van der Waals surface area (Å²) in [6, 6.07) is 44.7. The normalized spacial score (nSPS) is 13.2. The molecule has 2 aliphatic rings. The van der Waals surface area contributed by atoms with Crippen LogP contribution in [0, 0.1) is 0 Å². The van der Waals surface area contributed by atoms with Gasteiger partial charge in [0.25, 0.3) is 23.6 Å². The van der Waals surface area contributed by atoms with Gasteiger partial charge in [-0.3, -0.25) is 29.0 Å². The standard InChI is InChI=1S/C82H94N2O8/c1-5-9-13-17-21-29-41-57(42-30-22-18-14-10-6-2)83-79(85)63-53-67(89-59-45-33-25-34-46-59)73-75-69(91-61-49-37-27-38-50-61)55-65-72-66(82(88)84(81(65)87)58(43-31-23-19-15-11-7-3)44-32-24-20-16-12-8-4)56-70(92-62-51-39-28-40-52-62)76(78(72)75)74-68(90-60-47-35-26-36-48-60)54-64(80(83)86)71(63)77(73)74/h25-28,33-40,45-58H,5-24,29-32,41-44H2,1-4H3. The highest BCUT2D eigenvalue weighted by molar-refractivity contribution is 6.45. The fourth-order valence-electron chi connectivity index (χ4n) is 14.4. The number of ether oxygens (including phenoxy) is 4. The molecule has 0 aromatic heterocycles. The third-order valence-electron chi connectivity index (χ3n) is 19.1. The molecule has 0 N–H and O–H groups in total. The van der Waals surface area contributed by atoms with Crippen LogP contribution in [0.15, 0.2) is 146 Å². The van der Waals surface area contributed by atoms with Crippen LogP contribution in [-0.4, -0.2) is 45.5 Å². The van der Waals surface area contributed by atoms with Gasteiger partial charge in [0.15, 0.2) is 0 Å². The number of amides is 4. The number of hydrogen-bond donors (Lipinski definition) is 0. The molecule has 0 atom stereocenters. The minimum atomic E-state index is -0.373. The molecule has 480 valence electrons. The van der Waals surface area contributed by atoms with Crippen LogP contribution in [0.3, 0.4) is 0 Å². The third-order valence-corrected chi connectivity index (χ3v) is 19.1. The van der Waals surface area contributed by atoms with Crippen LogP contribution < -0.4 is 18.9 Å². The van der Waals surface area contributed by atoms with Crippen molar-refractivity contribution in [1.29, 1.82) is 0 Å². The van der Waals surface area contributed by atoms with E-state index < -0.39 is 0 Å². The first kappa shape index (κ1) is 65.3. The van der Waals surface area contributed by atoms with Gasteiger partial charge in [-0.15, -0.1) is 0 Å². The van der Waals surface area contributed by atoms with Gasteiger partial charge in [-0.05, 0) is 98.5 Å². The van der Waals surface area contributed by atoms with Crippen LogP contribution in [0.5, 0.6) is 46.0 Å². The summed E-state index contributed by atoms with van der Waals surface area (Å²) in [6.07, 6.45) is 28.9. The highest BCUT2D eigenvalue weighted by Gasteiger charge is 2.44. The molecule has 2 aliphatic heterocycles. The van der Waals surface area contributed by atoms with Crippen molar-refractivity contribution in [3.63, 3.8) is 0 Å². The molecule has 0 saturated heterocycles. The quantitative estimate of drug-likeness (QED) is 0.0163. The SMILES string of the molecule is CCCCCCCCC(CCCCCCCC)N1C(=O)c2cc(Oc3ccccc3)c3c4c(Oc5ccccc5)cc5c6c(cc(Oc7ccccc7)c(c7c(Oc8ccccc8)cc(c2c37)C1=O)c64)C(=O)N(C(CCCCCCCC)CCCCCCCC)C5=O. The Morgan fingerprint density at radius 2 is 0.467 bits per heavy atom. The van der Waals surface area contributed by atoms with Crippen LogP contribution in [0.2, 0.25) is 0 Å². The Balaban J connectivity index is 1.21. The van der Waals surface area contributed by atoms with E-state index in [9.17, 15) is 0 Å². The van der Waals surface area contributed by atoms with Crippen molar-refractivity contribution < 1.29 is 38.1 Å². The van der Waals surface area contributed by atoms with Crippen LogP contribution >= 0.6 is 0 Å². The molecule has 11 rings (SSSR count). The molecule has 10 heteroatoms. The van der Waals surface area contributed by atoms with E-state index in [1.165, 1.54) is 25.7 Å². The molecular weight excluding hydrogens is 1140 g/mol. The lowest BCUT2D eigenvalue weighted by atomic mass is 9.80. The Bertz CT molecular complexity index is 3440. The van der Waals surface area contributed by atoms with E-state index >= 15 is 19.2 Å². The fraction of sp³-hybridized carbons (Fsp3) is 0.415. The second-order valence-corrected chi connectivity index (χ2v) is 25.8. The second-order valence-electron chi connectivity index (χ2n) is 25.8. The summed E-state index contributed by atoms with van der Waals surface area (Å²) in [4.78, 5) is 67.9. The van der Waals surface area contributed by atoms with Gasteiger partial charge in [0.1, 0.15) is 46.0 Å². The number of carbonyl (C=O) groups is 4. The van der Waals surface area contributed by atoms with E-state index in [0.29, 0.717) is 137 Å². The number of benzene rings is 9. The van der Waals surface area contributed by atoms with E-state index in [2.05, 4.69) is 27.7 Å². The zero-order valence-corrected chi connectivity index (χ0v) is 55.0. The number of imide groups is 2. The first-order chi connectivity index (χ1) is 45.2. The molecular formula is C82H94N2O8. The number of carbonyl (C=O) groups excluding carboxylic acids is 4. The van der Waals surface area contributed by atoms with E-state index in [1.54, 1.807) is 9.80 Å². The molecule has 2 heterocycles. The molecule has 0 fully saturated rings. The summed E-state index contributed by atoms with van der Waals surface area (Å²) in [5, 5.41) is 4.05. The topological polar surface area (TPSA) is 112 Å². The van der Waals surface area contributed by atoms with E-state index in [0.717, 1.165) is 128 Å². The first-order valence-corrected chi connectivity index (χ1v) is 35.3. The smallest absolute Gasteiger partial charge is 0.261 e. The van der Waals surface area contributed by atoms with Gasteiger partial charge in [0.05, 0.1) is 22.3 Å². The molecule has 0 aliphatic carbocycles. The Morgan fingerprint density at radius 3 is 0.685 bits per heavy atom. The van der Waals surface area contributed by atoms with Gasteiger partial charge in [0, 0.05) is 55.2 Å². The van der Waals surface area contributed by atoms with Crippen molar-refractivity contribution >= 4 is 66.7 Å². The molecule has 0 saturated carbocycles. The van der Waals surface area contributed by atoms with E-state index in [-0.39, 0.29) is 35.7 Å². The van der Waals surface area contributed by atoms with Crippen LogP contribution in [0.1, 0.15) is 249 Å². The first-order valence-electron chi connectivity index (χ1n) is 35.3. The van der Waals surface area contributed by atoms with Gasteiger partial charge in [0.2, 0.25) is 0 Å². The van der Waals surface area contributed by atoms with Crippen molar-refractivity contribution in [2.45, 2.75) is 220 Å². The summed E-state index contributed by atoms with van der Waals surface area (Å²) in [5.41, 5.74) is 1.34. The second kappa shape index (κ2) is 31.9. The Labute approximate surface area is 545 Å². The Morgan fingerprint density at radius 1 is 0.261 bits per heavy atom. The van der Waals surface area contributed by atoms with Gasteiger partial charge < -0.3 is 18.9 Å². The highest BCUT2D eigenvalue weighted by atomic mass is 16.5. The summed E-state index contributed by atoms with van der Waals surface area (Å²) in [6.45, 7) is 8.91. The molecule has 9 aromatic rings. The van der Waals surface area contributed by atoms with Crippen molar-refractivity contribution in [1.82, 2.24) is 9.80 Å². The van der Waals surface area contributed by atoms with Crippen molar-refractivity contribution in [2.75, 3.05) is 0 Å². The Hall–Kier alpha value is -8.24. The molecule has 0 radical (unpaired) electrons. The monoisotopic (exact) mass is 1230 g/mol. The highest BCUT2D eigenvalue weighted by Crippen LogP contribution is 2.58. The predicted molar refractivity (Wildman–Crippen MR) is 374 cm³/mol. The maximum absolute atomic E-state index is 16.2. The van der Waals surface area contributed by atoms with Crippen molar-refractivity contribution in [2.24, 2.45) is 0 Å². The van der Waals surface area contributed by atoms with Crippen molar-refractivity contribution in [3.8, 4) is 46.0 Å². The predicted octanol–water partition coefficient (Wildman–Crippen LogP) is 23.8. The third kappa shape index (κ3) is 14.5. The number of para-hydroxylation sites is 4. The molecule has 4 amide bonds. The van der Waals surface area contributed by atoms with Crippen LogP contribution in [0.25, 0.3) is 43.1 Å². The van der Waals surface area contributed by atoms with Crippen LogP contribution in [0.4, 0.5) is 0 Å². The zero-order chi connectivity index (χ0) is 63.8. The number of hydrogen-bond acceptors (Lipinski definition) is 8. The summed E-state index contributed by atoms with van der Waals surface area (Å²) >= 11 is 0.